The Balaban J connectivity index is 0.00000124. The second-order valence-corrected chi connectivity index (χ2v) is 19.7. The number of aryl methyl sites for hydroxylation is 2. The van der Waals surface area contributed by atoms with Crippen LogP contribution in [0, 0.1) is 55.1 Å². The first-order valence-corrected chi connectivity index (χ1v) is 29.2. The normalized spacial score (nSPS) is 9.84. The summed E-state index contributed by atoms with van der Waals surface area (Å²) in [5.41, 5.74) is 16.5. The summed E-state index contributed by atoms with van der Waals surface area (Å²) in [7, 11) is 0. The van der Waals surface area contributed by atoms with E-state index in [2.05, 4.69) is 51.2 Å². The van der Waals surface area contributed by atoms with Gasteiger partial charge in [-0.15, -0.1) is 12.4 Å². The standard InChI is InChI=1S/C18H15F2N5.C15H13F2N3O.C8H8F2N2O2.C8H10F2N2.C7H7NO2.C6H3F2NO2.C2H6FN.CH2O3.ClH.2K.H/c19-3-5-25-17-8-15(20)1-2-16(17)23-18(25)14-7-13(9-22-10-14)11-24-6-4-21-12-24;16-3-4-20-14-6-12(17)1-2-13(14)19-15(20)11-5-10(9-21)7-18-8-11;9-3-4-11-7-5-6(10)1-2-8(7)12(13)14;9-3-4-12-8-5-6(10)1-2-7(8)11;9-4-6-1-7(5-10)3-8-2-6;7-4-1-2-6(9(10)11)5(8)3-4;3-1-2-4;2-1-4-3;;;;/h1-2,4,6-10,12H,3,5,11H2;1-2,5-8,21H,3-4,9H2;1-2,5,11H,3-4H2;1-2,5,12H,3-4,11H2;1-4,10H,5H2;1-3H;1-2,4H2;1,3H;1H;;;/q;;;;;;;;;2*+1;-1/p-1. The number of carbonyl (C=O) groups is 2. The molecule has 11 rings (SSSR count). The number of benzene rings is 5. The van der Waals surface area contributed by atoms with Crippen LogP contribution in [0.5, 0.6) is 0 Å². The Labute approximate surface area is 677 Å². The molecule has 0 spiro atoms. The average molecular weight is 1540 g/mol. The van der Waals surface area contributed by atoms with Crippen molar-refractivity contribution in [2.24, 2.45) is 5.73 Å². The number of nitrogen functional groups attached to an aromatic ring is 1. The van der Waals surface area contributed by atoms with Gasteiger partial charge in [0, 0.05) is 110 Å². The van der Waals surface area contributed by atoms with Gasteiger partial charge in [-0.2, -0.15) is 4.39 Å². The number of nitrogens with one attached hydrogen (secondary N) is 2. The minimum atomic E-state index is -1.16. The Kier molecular flexibility index (Phi) is 46.6. The molecule has 0 amide bonds. The van der Waals surface area contributed by atoms with Crippen LogP contribution < -0.4 is 130 Å². The summed E-state index contributed by atoms with van der Waals surface area (Å²) in [6.45, 7) is -2.08. The molecule has 39 heteroatoms. The predicted octanol–water partition coefficient (Wildman–Crippen LogP) is 5.21. The number of aldehydes is 1. The molecule has 104 heavy (non-hydrogen) atoms. The van der Waals surface area contributed by atoms with Crippen LogP contribution in [0.2, 0.25) is 0 Å². The van der Waals surface area contributed by atoms with E-state index in [4.69, 9.17) is 20.9 Å². The number of aromatic nitrogens is 9. The molecular weight excluding hydrogens is 1470 g/mol. The van der Waals surface area contributed by atoms with Crippen LogP contribution in [0.4, 0.5) is 76.7 Å². The number of rotatable bonds is 21. The van der Waals surface area contributed by atoms with E-state index in [0.717, 1.165) is 41.5 Å². The molecule has 0 aliphatic rings. The third kappa shape index (κ3) is 31.6. The second-order valence-electron chi connectivity index (χ2n) is 19.7. The topological polar surface area (TPSA) is 361 Å². The van der Waals surface area contributed by atoms with Crippen LogP contribution in [-0.4, -0.2) is 129 Å². The molecule has 11 aromatic rings. The maximum absolute atomic E-state index is 13.6. The Morgan fingerprint density at radius 2 is 0.990 bits per heavy atom. The molecule has 0 saturated carbocycles. The van der Waals surface area contributed by atoms with Gasteiger partial charge in [-0.25, -0.2) is 58.9 Å². The number of aliphatic hydroxyl groups excluding tert-OH is 2. The molecule has 25 nitrogen and oxygen atoms in total. The Morgan fingerprint density at radius 3 is 1.43 bits per heavy atom. The summed E-state index contributed by atoms with van der Waals surface area (Å²) in [6, 6.07) is 22.9. The van der Waals surface area contributed by atoms with Crippen molar-refractivity contribution in [3.8, 4) is 22.8 Å². The Bertz CT molecular complexity index is 4400. The fourth-order valence-corrected chi connectivity index (χ4v) is 8.38. The van der Waals surface area contributed by atoms with E-state index < -0.39 is 72.2 Å². The summed E-state index contributed by atoms with van der Waals surface area (Å²) in [5.74, 6) is -2.64. The average Bonchev–Trinajstić information content (AvgIpc) is 1.65. The second kappa shape index (κ2) is 51.8. The molecule has 5 aromatic carbocycles. The van der Waals surface area contributed by atoms with Crippen molar-refractivity contribution in [2.45, 2.75) is 32.8 Å². The first kappa shape index (κ1) is 93.7. The molecule has 0 unspecified atom stereocenters. The zero-order valence-corrected chi connectivity index (χ0v) is 62.3. The summed E-state index contributed by atoms with van der Waals surface area (Å²) in [4.78, 5) is 65.3. The maximum Gasteiger partial charge on any atom is 1.00 e. The number of nitrogens with zero attached hydrogens (tertiary/aromatic N) is 11. The van der Waals surface area contributed by atoms with Crippen molar-refractivity contribution in [1.29, 1.82) is 0 Å². The molecule has 0 atom stereocenters. The van der Waals surface area contributed by atoms with Crippen molar-refractivity contribution in [2.75, 3.05) is 69.4 Å². The van der Waals surface area contributed by atoms with E-state index >= 15 is 0 Å². The molecule has 0 radical (unpaired) electrons. The fraction of sp³-hybridized carbons (Fsp3) is 0.200. The number of fused-ring (bicyclic) bond motifs is 2. The van der Waals surface area contributed by atoms with Gasteiger partial charge in [0.2, 0.25) is 5.82 Å². The molecule has 0 saturated heterocycles. The Morgan fingerprint density at radius 1 is 0.558 bits per heavy atom. The van der Waals surface area contributed by atoms with Gasteiger partial charge < -0.3 is 57.6 Å². The fourth-order valence-electron chi connectivity index (χ4n) is 8.38. The molecule has 546 valence electrons. The largest absolute Gasteiger partial charge is 1.00 e. The molecule has 8 N–H and O–H groups in total. The number of pyridine rings is 3. The third-order valence-corrected chi connectivity index (χ3v) is 12.6. The minimum Gasteiger partial charge on any atom is -1.00 e. The van der Waals surface area contributed by atoms with Gasteiger partial charge >= 0.3 is 108 Å². The van der Waals surface area contributed by atoms with Gasteiger partial charge in [0.25, 0.3) is 12.2 Å². The van der Waals surface area contributed by atoms with E-state index in [0.29, 0.717) is 86.2 Å². The molecule has 0 aliphatic heterocycles. The van der Waals surface area contributed by atoms with Crippen LogP contribution in [0.15, 0.2) is 165 Å². The Hall–Kier alpha value is -8.33. The molecule has 0 fully saturated rings. The zero-order chi connectivity index (χ0) is 74.2. The van der Waals surface area contributed by atoms with Crippen molar-refractivity contribution in [1.82, 2.24) is 43.6 Å². The van der Waals surface area contributed by atoms with Crippen LogP contribution in [0.1, 0.15) is 28.5 Å². The molecule has 0 bridgehead atoms. The minimum absolute atomic E-state index is 0. The van der Waals surface area contributed by atoms with Crippen molar-refractivity contribution < 1.29 is 192 Å². The molecular formula is C65H65ClF11K2N15O10. The number of carbonyl (C=O) groups excluding carboxylic acids is 2. The monoisotopic (exact) mass is 1540 g/mol. The summed E-state index contributed by atoms with van der Waals surface area (Å²) in [6.07, 6.45) is 15.6. The maximum atomic E-state index is 13.6. The SMILES string of the molecule is Cl.FCCn1c(-c2cncc(Cn3ccnc3)c2)nc2ccc(F)cc21.NCCF.Nc1ccc(F)cc1NCCF.O=CO[O-].O=Cc1cncc(CO)c1.O=[N+]([O-])c1ccc(F)cc1F.O=[N+]([O-])c1ccc(F)cc1NCCF.OCc1cncc(-c2nc3ccc(F)cc3n2CCF)c1.[H-].[K+].[K+]. The van der Waals surface area contributed by atoms with Crippen LogP contribution >= 0.6 is 12.4 Å². The summed E-state index contributed by atoms with van der Waals surface area (Å²) >= 11 is 0. The number of aliphatic hydroxyl groups is 2. The van der Waals surface area contributed by atoms with E-state index in [1.165, 1.54) is 54.9 Å². The molecule has 6 heterocycles. The quantitative estimate of drug-likeness (QED) is 0.0102. The van der Waals surface area contributed by atoms with Crippen molar-refractivity contribution in [3.05, 3.63) is 242 Å². The third-order valence-electron chi connectivity index (χ3n) is 12.6. The van der Waals surface area contributed by atoms with Crippen LogP contribution in [-0.2, 0) is 42.5 Å². The van der Waals surface area contributed by atoms with E-state index in [9.17, 15) is 78.4 Å². The van der Waals surface area contributed by atoms with Gasteiger partial charge in [-0.1, -0.05) is 0 Å². The van der Waals surface area contributed by atoms with E-state index in [-0.39, 0.29) is 192 Å². The smallest absolute Gasteiger partial charge is 1.00 e. The first-order valence-electron chi connectivity index (χ1n) is 29.2. The van der Waals surface area contributed by atoms with E-state index in [1.807, 2.05) is 16.8 Å². The van der Waals surface area contributed by atoms with Gasteiger partial charge in [0.1, 0.15) is 79.8 Å². The van der Waals surface area contributed by atoms with Gasteiger partial charge in [0.15, 0.2) is 6.29 Å². The number of imidazole rings is 3. The van der Waals surface area contributed by atoms with Crippen molar-refractivity contribution >= 4 is 75.7 Å². The van der Waals surface area contributed by atoms with Gasteiger partial charge in [0.05, 0.1) is 82.5 Å². The number of alkyl halides is 5. The van der Waals surface area contributed by atoms with Gasteiger partial charge in [-0.05, 0) is 102 Å². The van der Waals surface area contributed by atoms with E-state index in [1.54, 1.807) is 70.7 Å². The van der Waals surface area contributed by atoms with Gasteiger partial charge in [-0.3, -0.25) is 44.8 Å². The van der Waals surface area contributed by atoms with Crippen molar-refractivity contribution in [3.63, 3.8) is 0 Å². The zero-order valence-electron chi connectivity index (χ0n) is 56.2. The number of nitro benzene ring substituents is 2. The number of hydrogen-bond donors (Lipinski definition) is 6. The summed E-state index contributed by atoms with van der Waals surface area (Å²) < 4.78 is 142. The number of anilines is 3. The predicted molar refractivity (Wildman–Crippen MR) is 357 cm³/mol. The molecule has 6 aromatic heterocycles. The number of halogens is 12. The molecule has 0 aliphatic carbocycles. The van der Waals surface area contributed by atoms with Crippen LogP contribution in [0.25, 0.3) is 44.8 Å². The number of hydrogen-bond acceptors (Lipinski definition) is 20. The summed E-state index contributed by atoms with van der Waals surface area (Å²) in [5, 5.41) is 51.7. The number of nitro groups is 2. The first-order chi connectivity index (χ1) is 48.7. The number of nitrogens with two attached hydrogens (primary N) is 2. The van der Waals surface area contributed by atoms with Crippen LogP contribution in [0.3, 0.4) is 0 Å².